The number of aryl methyl sites for hydroxylation is 1. The Labute approximate surface area is 222 Å². The standard InChI is InChI=1S/C27H30N4O6S/c1-4-25(27(33)28-3)29(18-21-12-10-20(2)11-13-21)26(32)19-30(22-14-16-23(17-15-22)31(34)35)38(36,37)24-8-6-5-7-9-24/h5-17,25H,4,18-19H2,1-3H3,(H,28,33). The first-order valence-electron chi connectivity index (χ1n) is 12.0. The first-order valence-corrected chi connectivity index (χ1v) is 13.4. The molecule has 0 fully saturated rings. The molecule has 11 heteroatoms. The molecule has 0 aliphatic carbocycles. The molecule has 3 rings (SSSR count). The minimum Gasteiger partial charge on any atom is -0.357 e. The summed E-state index contributed by atoms with van der Waals surface area (Å²) in [7, 11) is -2.76. The van der Waals surface area contributed by atoms with Gasteiger partial charge < -0.3 is 10.2 Å². The highest BCUT2D eigenvalue weighted by molar-refractivity contribution is 7.92. The number of nitrogens with one attached hydrogen (secondary N) is 1. The second-order valence-electron chi connectivity index (χ2n) is 8.64. The van der Waals surface area contributed by atoms with Gasteiger partial charge in [-0.2, -0.15) is 0 Å². The zero-order valence-corrected chi connectivity index (χ0v) is 22.2. The molecule has 3 aromatic carbocycles. The Bertz CT molecular complexity index is 1380. The number of nitro groups is 1. The van der Waals surface area contributed by atoms with Crippen LogP contribution in [0.5, 0.6) is 0 Å². The third kappa shape index (κ3) is 6.54. The maximum atomic E-state index is 13.8. The van der Waals surface area contributed by atoms with Crippen LogP contribution >= 0.6 is 0 Å². The number of rotatable bonds is 11. The number of amides is 2. The fourth-order valence-corrected chi connectivity index (χ4v) is 5.40. The smallest absolute Gasteiger partial charge is 0.269 e. The minimum atomic E-state index is -4.24. The molecule has 0 aliphatic heterocycles. The van der Waals surface area contributed by atoms with Crippen molar-refractivity contribution < 1.29 is 22.9 Å². The van der Waals surface area contributed by atoms with Crippen LogP contribution in [0.3, 0.4) is 0 Å². The minimum absolute atomic E-state index is 0.0467. The SMILES string of the molecule is CCC(C(=O)NC)N(Cc1ccc(C)cc1)C(=O)CN(c1ccc([N+](=O)[O-])cc1)S(=O)(=O)c1ccccc1. The van der Waals surface area contributed by atoms with Gasteiger partial charge in [0.2, 0.25) is 11.8 Å². The summed E-state index contributed by atoms with van der Waals surface area (Å²) in [5.74, 6) is -0.973. The van der Waals surface area contributed by atoms with Crippen molar-refractivity contribution in [2.75, 3.05) is 17.9 Å². The van der Waals surface area contributed by atoms with E-state index in [4.69, 9.17) is 0 Å². The molecule has 0 aliphatic rings. The van der Waals surface area contributed by atoms with Crippen LogP contribution in [0.25, 0.3) is 0 Å². The molecule has 0 heterocycles. The summed E-state index contributed by atoms with van der Waals surface area (Å²) in [6.45, 7) is 3.17. The van der Waals surface area contributed by atoms with E-state index in [1.54, 1.807) is 25.1 Å². The Morgan fingerprint density at radius 3 is 2.11 bits per heavy atom. The molecule has 10 nitrogen and oxygen atoms in total. The van der Waals surface area contributed by atoms with Crippen LogP contribution in [0.4, 0.5) is 11.4 Å². The van der Waals surface area contributed by atoms with E-state index in [1.165, 1.54) is 48.3 Å². The molecule has 1 atom stereocenters. The third-order valence-electron chi connectivity index (χ3n) is 6.06. The average Bonchev–Trinajstić information content (AvgIpc) is 2.92. The average molecular weight is 539 g/mol. The zero-order valence-electron chi connectivity index (χ0n) is 21.4. The van der Waals surface area contributed by atoms with Gasteiger partial charge in [0.25, 0.3) is 15.7 Å². The second-order valence-corrected chi connectivity index (χ2v) is 10.5. The van der Waals surface area contributed by atoms with Crippen LogP contribution in [-0.4, -0.2) is 49.7 Å². The Morgan fingerprint density at radius 1 is 0.974 bits per heavy atom. The van der Waals surface area contributed by atoms with E-state index in [2.05, 4.69) is 5.32 Å². The second kappa shape index (κ2) is 12.3. The van der Waals surface area contributed by atoms with E-state index in [0.717, 1.165) is 15.4 Å². The van der Waals surface area contributed by atoms with E-state index in [1.807, 2.05) is 31.2 Å². The van der Waals surface area contributed by atoms with Gasteiger partial charge in [-0.3, -0.25) is 24.0 Å². The Balaban J connectivity index is 2.06. The van der Waals surface area contributed by atoms with Crippen LogP contribution in [-0.2, 0) is 26.2 Å². The quantitative estimate of drug-likeness (QED) is 0.293. The van der Waals surface area contributed by atoms with E-state index in [9.17, 15) is 28.1 Å². The molecule has 0 aromatic heterocycles. The van der Waals surface area contributed by atoms with Crippen molar-refractivity contribution in [1.29, 1.82) is 0 Å². The number of hydrogen-bond donors (Lipinski definition) is 1. The molecule has 0 radical (unpaired) electrons. The predicted octanol–water partition coefficient (Wildman–Crippen LogP) is 3.65. The van der Waals surface area contributed by atoms with Crippen LogP contribution in [0.1, 0.15) is 24.5 Å². The molecule has 3 aromatic rings. The number of carbonyl (C=O) groups excluding carboxylic acids is 2. The number of nitrogens with zero attached hydrogens (tertiary/aromatic N) is 3. The number of likely N-dealkylation sites (N-methyl/N-ethyl adjacent to an activating group) is 1. The normalized spacial score (nSPS) is 11.9. The maximum Gasteiger partial charge on any atom is 0.269 e. The van der Waals surface area contributed by atoms with Crippen LogP contribution in [0, 0.1) is 17.0 Å². The highest BCUT2D eigenvalue weighted by atomic mass is 32.2. The van der Waals surface area contributed by atoms with Gasteiger partial charge in [-0.25, -0.2) is 8.42 Å². The summed E-state index contributed by atoms with van der Waals surface area (Å²) in [6, 6.07) is 19.2. The first kappa shape index (κ1) is 28.3. The topological polar surface area (TPSA) is 130 Å². The lowest BCUT2D eigenvalue weighted by Gasteiger charge is -2.33. The maximum absolute atomic E-state index is 13.8. The van der Waals surface area contributed by atoms with Crippen molar-refractivity contribution in [2.45, 2.75) is 37.8 Å². The number of sulfonamides is 1. The van der Waals surface area contributed by atoms with E-state index in [0.29, 0.717) is 6.42 Å². The van der Waals surface area contributed by atoms with Gasteiger partial charge in [-0.15, -0.1) is 0 Å². The fraction of sp³-hybridized carbons (Fsp3) is 0.259. The molecule has 0 spiro atoms. The monoisotopic (exact) mass is 538 g/mol. The number of nitro benzene ring substituents is 1. The highest BCUT2D eigenvalue weighted by Crippen LogP contribution is 2.26. The van der Waals surface area contributed by atoms with Crippen molar-refractivity contribution in [1.82, 2.24) is 10.2 Å². The summed E-state index contributed by atoms with van der Waals surface area (Å²) < 4.78 is 28.3. The lowest BCUT2D eigenvalue weighted by molar-refractivity contribution is -0.384. The number of benzene rings is 3. The first-order chi connectivity index (χ1) is 18.1. The summed E-state index contributed by atoms with van der Waals surface area (Å²) in [5.41, 5.74) is 1.67. The predicted molar refractivity (Wildman–Crippen MR) is 144 cm³/mol. The van der Waals surface area contributed by atoms with Gasteiger partial charge in [0.15, 0.2) is 0 Å². The molecule has 2 amide bonds. The van der Waals surface area contributed by atoms with Gasteiger partial charge in [-0.1, -0.05) is 55.0 Å². The lowest BCUT2D eigenvalue weighted by Crippen LogP contribution is -2.51. The van der Waals surface area contributed by atoms with Crippen molar-refractivity contribution in [3.63, 3.8) is 0 Å². The third-order valence-corrected chi connectivity index (χ3v) is 7.85. The Kier molecular flexibility index (Phi) is 9.19. The zero-order chi connectivity index (χ0) is 27.9. The summed E-state index contributed by atoms with van der Waals surface area (Å²) in [6.07, 6.45) is 0.306. The van der Waals surface area contributed by atoms with Crippen LogP contribution in [0.15, 0.2) is 83.8 Å². The molecule has 0 saturated carbocycles. The van der Waals surface area contributed by atoms with E-state index in [-0.39, 0.29) is 28.7 Å². The molecule has 0 bridgehead atoms. The highest BCUT2D eigenvalue weighted by Gasteiger charge is 2.33. The van der Waals surface area contributed by atoms with Gasteiger partial charge >= 0.3 is 0 Å². The number of hydrogen-bond acceptors (Lipinski definition) is 6. The summed E-state index contributed by atoms with van der Waals surface area (Å²) in [4.78, 5) is 38.4. The van der Waals surface area contributed by atoms with Gasteiger partial charge in [0, 0.05) is 25.7 Å². The van der Waals surface area contributed by atoms with E-state index < -0.39 is 33.4 Å². The fourth-order valence-electron chi connectivity index (χ4n) is 3.97. The Morgan fingerprint density at radius 2 is 1.58 bits per heavy atom. The largest absolute Gasteiger partial charge is 0.357 e. The summed E-state index contributed by atoms with van der Waals surface area (Å²) in [5, 5.41) is 13.7. The number of anilines is 1. The van der Waals surface area contributed by atoms with Crippen LogP contribution in [0.2, 0.25) is 0 Å². The summed E-state index contributed by atoms with van der Waals surface area (Å²) >= 11 is 0. The van der Waals surface area contributed by atoms with Gasteiger partial charge in [0.1, 0.15) is 12.6 Å². The van der Waals surface area contributed by atoms with Crippen LogP contribution < -0.4 is 9.62 Å². The van der Waals surface area contributed by atoms with Gasteiger partial charge in [0.05, 0.1) is 15.5 Å². The molecule has 200 valence electrons. The molecular weight excluding hydrogens is 508 g/mol. The molecule has 1 unspecified atom stereocenters. The number of non-ortho nitro benzene ring substituents is 1. The van der Waals surface area contributed by atoms with Crippen molar-refractivity contribution >= 4 is 33.2 Å². The van der Waals surface area contributed by atoms with Crippen molar-refractivity contribution in [3.05, 3.63) is 100 Å². The number of carbonyl (C=O) groups is 2. The van der Waals surface area contributed by atoms with Crippen molar-refractivity contribution in [3.8, 4) is 0 Å². The van der Waals surface area contributed by atoms with Crippen molar-refractivity contribution in [2.24, 2.45) is 0 Å². The van der Waals surface area contributed by atoms with E-state index >= 15 is 0 Å². The molecular formula is C27H30N4O6S. The van der Waals surface area contributed by atoms with Gasteiger partial charge in [-0.05, 0) is 43.2 Å². The lowest BCUT2D eigenvalue weighted by atomic mass is 10.1. The molecule has 0 saturated heterocycles. The molecule has 1 N–H and O–H groups in total. The Hall–Kier alpha value is -4.25. The molecule has 38 heavy (non-hydrogen) atoms.